The van der Waals surface area contributed by atoms with Crippen LogP contribution in [0.25, 0.3) is 11.4 Å². The number of nitrogens with one attached hydrogen (secondary N) is 1. The van der Waals surface area contributed by atoms with Gasteiger partial charge in [-0.05, 0) is 19.1 Å². The standard InChI is InChI=1S/C14H18N4O3/c1-5-15-13-16-12(17-14(18-13)21-4)11-9(19-2)7-6-8-10(11)20-3/h6-8H,5H2,1-4H3,(H,15,16,17,18). The molecule has 1 heterocycles. The van der Waals surface area contributed by atoms with Gasteiger partial charge >= 0.3 is 6.01 Å². The van der Waals surface area contributed by atoms with Gasteiger partial charge in [0.15, 0.2) is 5.82 Å². The van der Waals surface area contributed by atoms with Crippen LogP contribution in [0.3, 0.4) is 0 Å². The molecule has 0 bridgehead atoms. The first-order chi connectivity index (χ1) is 10.2. The molecule has 0 saturated carbocycles. The zero-order valence-electron chi connectivity index (χ0n) is 12.5. The highest BCUT2D eigenvalue weighted by atomic mass is 16.5. The summed E-state index contributed by atoms with van der Waals surface area (Å²) in [5.41, 5.74) is 0.655. The molecular formula is C14H18N4O3. The number of rotatable bonds is 6. The molecule has 0 aliphatic rings. The molecule has 0 amide bonds. The number of anilines is 1. The predicted molar refractivity (Wildman–Crippen MR) is 79.1 cm³/mol. The summed E-state index contributed by atoms with van der Waals surface area (Å²) in [6.45, 7) is 2.65. The minimum atomic E-state index is 0.226. The lowest BCUT2D eigenvalue weighted by Crippen LogP contribution is -2.07. The third-order valence-electron chi connectivity index (χ3n) is 2.78. The molecule has 0 radical (unpaired) electrons. The van der Waals surface area contributed by atoms with Crippen LogP contribution in [0.4, 0.5) is 5.95 Å². The molecule has 2 aromatic rings. The average Bonchev–Trinajstić information content (AvgIpc) is 2.53. The van der Waals surface area contributed by atoms with Gasteiger partial charge in [0.1, 0.15) is 17.1 Å². The van der Waals surface area contributed by atoms with E-state index in [2.05, 4.69) is 20.3 Å². The summed E-state index contributed by atoms with van der Waals surface area (Å²) in [5.74, 6) is 2.09. The normalized spacial score (nSPS) is 10.1. The van der Waals surface area contributed by atoms with E-state index in [0.29, 0.717) is 35.4 Å². The third kappa shape index (κ3) is 3.13. The van der Waals surface area contributed by atoms with Crippen molar-refractivity contribution in [1.82, 2.24) is 15.0 Å². The monoisotopic (exact) mass is 290 g/mol. The van der Waals surface area contributed by atoms with Crippen molar-refractivity contribution in [2.75, 3.05) is 33.2 Å². The van der Waals surface area contributed by atoms with Crippen molar-refractivity contribution in [1.29, 1.82) is 0 Å². The Kier molecular flexibility index (Phi) is 4.76. The van der Waals surface area contributed by atoms with Gasteiger partial charge in [0.05, 0.1) is 21.3 Å². The molecular weight excluding hydrogens is 272 g/mol. The number of benzene rings is 1. The molecule has 1 N–H and O–H groups in total. The minimum Gasteiger partial charge on any atom is -0.496 e. The molecule has 0 atom stereocenters. The molecule has 0 aliphatic carbocycles. The van der Waals surface area contributed by atoms with Crippen LogP contribution in [-0.4, -0.2) is 42.8 Å². The van der Waals surface area contributed by atoms with E-state index in [4.69, 9.17) is 14.2 Å². The second-order valence-electron chi connectivity index (χ2n) is 4.04. The van der Waals surface area contributed by atoms with E-state index >= 15 is 0 Å². The van der Waals surface area contributed by atoms with Gasteiger partial charge in [-0.1, -0.05) is 6.07 Å². The maximum atomic E-state index is 5.37. The molecule has 0 saturated heterocycles. The van der Waals surface area contributed by atoms with Gasteiger partial charge in [-0.15, -0.1) is 0 Å². The molecule has 112 valence electrons. The first-order valence-electron chi connectivity index (χ1n) is 6.48. The fourth-order valence-electron chi connectivity index (χ4n) is 1.87. The molecule has 7 heteroatoms. The van der Waals surface area contributed by atoms with Gasteiger partial charge in [0.2, 0.25) is 5.95 Å². The zero-order valence-corrected chi connectivity index (χ0v) is 12.5. The van der Waals surface area contributed by atoms with Crippen LogP contribution in [0.2, 0.25) is 0 Å². The summed E-state index contributed by atoms with van der Waals surface area (Å²) in [6, 6.07) is 5.70. The van der Waals surface area contributed by atoms with Gasteiger partial charge in [-0.3, -0.25) is 0 Å². The SMILES string of the molecule is CCNc1nc(OC)nc(-c2c(OC)cccc2OC)n1. The van der Waals surface area contributed by atoms with Crippen molar-refractivity contribution < 1.29 is 14.2 Å². The van der Waals surface area contributed by atoms with Crippen LogP contribution in [0, 0.1) is 0 Å². The summed E-state index contributed by atoms with van der Waals surface area (Å²) in [5, 5.41) is 3.04. The van der Waals surface area contributed by atoms with Crippen molar-refractivity contribution in [3.63, 3.8) is 0 Å². The van der Waals surface area contributed by atoms with E-state index in [1.807, 2.05) is 25.1 Å². The quantitative estimate of drug-likeness (QED) is 0.871. The second kappa shape index (κ2) is 6.74. The largest absolute Gasteiger partial charge is 0.496 e. The van der Waals surface area contributed by atoms with E-state index in [1.165, 1.54) is 7.11 Å². The van der Waals surface area contributed by atoms with Crippen molar-refractivity contribution in [3.8, 4) is 28.9 Å². The van der Waals surface area contributed by atoms with Crippen LogP contribution in [-0.2, 0) is 0 Å². The Hall–Kier alpha value is -2.57. The summed E-state index contributed by atoms with van der Waals surface area (Å²) in [6.07, 6.45) is 0. The Labute approximate surface area is 123 Å². The minimum absolute atomic E-state index is 0.226. The van der Waals surface area contributed by atoms with E-state index < -0.39 is 0 Å². The highest BCUT2D eigenvalue weighted by molar-refractivity contribution is 5.72. The summed E-state index contributed by atoms with van der Waals surface area (Å²) in [4.78, 5) is 12.8. The van der Waals surface area contributed by atoms with Gasteiger partial charge in [0, 0.05) is 6.54 Å². The van der Waals surface area contributed by atoms with Crippen LogP contribution in [0.15, 0.2) is 18.2 Å². The zero-order chi connectivity index (χ0) is 15.2. The predicted octanol–water partition coefficient (Wildman–Crippen LogP) is 2.00. The van der Waals surface area contributed by atoms with Crippen LogP contribution in [0.5, 0.6) is 17.5 Å². The summed E-state index contributed by atoms with van der Waals surface area (Å²) < 4.78 is 15.9. The number of methoxy groups -OCH3 is 3. The highest BCUT2D eigenvalue weighted by Crippen LogP contribution is 2.36. The van der Waals surface area contributed by atoms with Crippen molar-refractivity contribution in [2.45, 2.75) is 6.92 Å². The molecule has 1 aromatic carbocycles. The number of aromatic nitrogens is 3. The van der Waals surface area contributed by atoms with Gasteiger partial charge < -0.3 is 19.5 Å². The third-order valence-corrected chi connectivity index (χ3v) is 2.78. The molecule has 0 unspecified atom stereocenters. The number of nitrogens with zero attached hydrogens (tertiary/aromatic N) is 3. The van der Waals surface area contributed by atoms with E-state index in [0.717, 1.165) is 0 Å². The van der Waals surface area contributed by atoms with E-state index in [1.54, 1.807) is 14.2 Å². The van der Waals surface area contributed by atoms with E-state index in [9.17, 15) is 0 Å². The topological polar surface area (TPSA) is 78.4 Å². The number of ether oxygens (including phenoxy) is 3. The van der Waals surface area contributed by atoms with Crippen molar-refractivity contribution in [2.24, 2.45) is 0 Å². The average molecular weight is 290 g/mol. The fourth-order valence-corrected chi connectivity index (χ4v) is 1.87. The second-order valence-corrected chi connectivity index (χ2v) is 4.04. The molecule has 21 heavy (non-hydrogen) atoms. The molecule has 2 rings (SSSR count). The Morgan fingerprint density at radius 3 is 2.14 bits per heavy atom. The molecule has 0 aliphatic heterocycles. The highest BCUT2D eigenvalue weighted by Gasteiger charge is 2.17. The molecule has 7 nitrogen and oxygen atoms in total. The lowest BCUT2D eigenvalue weighted by molar-refractivity contribution is 0.378. The Morgan fingerprint density at radius 2 is 1.62 bits per heavy atom. The van der Waals surface area contributed by atoms with Gasteiger partial charge in [-0.25, -0.2) is 0 Å². The summed E-state index contributed by atoms with van der Waals surface area (Å²) in [7, 11) is 4.68. The van der Waals surface area contributed by atoms with Crippen LogP contribution < -0.4 is 19.5 Å². The number of hydrogen-bond donors (Lipinski definition) is 1. The van der Waals surface area contributed by atoms with Crippen molar-refractivity contribution >= 4 is 5.95 Å². The summed E-state index contributed by atoms with van der Waals surface area (Å²) >= 11 is 0. The maximum Gasteiger partial charge on any atom is 0.321 e. The van der Waals surface area contributed by atoms with Gasteiger partial charge in [0.25, 0.3) is 0 Å². The lowest BCUT2D eigenvalue weighted by atomic mass is 10.1. The Morgan fingerprint density at radius 1 is 0.952 bits per heavy atom. The van der Waals surface area contributed by atoms with Gasteiger partial charge in [-0.2, -0.15) is 15.0 Å². The van der Waals surface area contributed by atoms with Crippen molar-refractivity contribution in [3.05, 3.63) is 18.2 Å². The number of hydrogen-bond acceptors (Lipinski definition) is 7. The molecule has 1 aromatic heterocycles. The first-order valence-corrected chi connectivity index (χ1v) is 6.48. The Bertz CT molecular complexity index is 597. The van der Waals surface area contributed by atoms with Crippen LogP contribution >= 0.6 is 0 Å². The van der Waals surface area contributed by atoms with Crippen LogP contribution in [0.1, 0.15) is 6.92 Å². The first kappa shape index (κ1) is 14.8. The maximum absolute atomic E-state index is 5.37. The fraction of sp³-hybridized carbons (Fsp3) is 0.357. The Balaban J connectivity index is 2.62. The smallest absolute Gasteiger partial charge is 0.321 e. The van der Waals surface area contributed by atoms with E-state index in [-0.39, 0.29) is 6.01 Å². The lowest BCUT2D eigenvalue weighted by Gasteiger charge is -2.13. The molecule has 0 spiro atoms. The molecule has 0 fully saturated rings.